The van der Waals surface area contributed by atoms with E-state index >= 15 is 0 Å². The molecule has 5 aliphatic rings. The number of aliphatic hydroxyl groups is 1. The normalized spacial score (nSPS) is 17.4. The topological polar surface area (TPSA) is 523 Å². The number of rotatable bonds is 22. The average molecular weight is 1840 g/mol. The summed E-state index contributed by atoms with van der Waals surface area (Å²) >= 11 is 0. The number of ether oxygens (including phenoxy) is 7. The first kappa shape index (κ1) is 84.4. The number of nitrogens with one attached hydrogen (secondary N) is 1. The molecule has 0 saturated carbocycles. The molecule has 17 heterocycles. The molecule has 5 saturated heterocycles. The maximum atomic E-state index is 12.8. The summed E-state index contributed by atoms with van der Waals surface area (Å²) in [5.41, 5.74) is 5.42. The van der Waals surface area contributed by atoms with Crippen molar-refractivity contribution < 1.29 is 107 Å². The number of aromatic nitrogens is 18. The molecule has 12 aromatic heterocycles. The number of halogens is 1. The molecule has 0 spiro atoms. The second-order valence-corrected chi connectivity index (χ2v) is 36.7. The number of carbonyl (C=O) groups excluding carboxylic acids is 2. The fraction of sp³-hybridized carbons (Fsp3) is 0.341. The van der Waals surface area contributed by atoms with Crippen molar-refractivity contribution in [1.82, 2.24) is 105 Å². The number of carbonyl (C=O) groups is 3. The largest absolute Gasteiger partial charge is 0.478 e. The zero-order valence-electron chi connectivity index (χ0n) is 74.1. The molecule has 15 aromatic rings. The van der Waals surface area contributed by atoms with E-state index in [2.05, 4.69) is 76.5 Å². The summed E-state index contributed by atoms with van der Waals surface area (Å²) in [6.45, 7) is 3.76. The standard InChI is InChI=1S/C29H29N7O7S.C25H22N6O6.C24H21N7O6S.C4H9NO2S.ClH.4H2/c37-29(35-10-13-44(38,39)14-11-35)19-8-9-20(30-16-19)17-42-28-23-6-2-1-5-22(23)26-31-32-27(36(26)33-28)24-15-21(43-34-24)18-41-25-7-3-4-12-40-25;32-25(33)15-8-9-16(26-12-15)13-36-24-19-6-2-1-5-18(19)22-27-28-23(31(22)29-24)20-11-17(37-30-20)14-35-21-7-3-4-10-34-21;32-13-17-11-20(29-37-17)22-27-26-21-18-3-1-2-4-19(18)23(28-31(21)22)36-14-16-6-5-15(12-25-16)24(33)30-7-9-38(34,35)10-8-30;6-8(7)3-1-5-2-4-8;;;;;/h1-2,5-6,8-9,15-16,25H,3-4,7,10-14,17-18H2;1-2,5-6,8-9,11-12,21H,3-4,7,10,13-14H2,(H,32,33);1-6,11-12,32H,7-10,13-14H2;5H,1-4H2;5*1H/i;;;;;3*1+1D;1+1. The van der Waals surface area contributed by atoms with Gasteiger partial charge in [0, 0.05) is 132 Å². The summed E-state index contributed by atoms with van der Waals surface area (Å²) in [6.07, 6.45) is 9.67. The van der Waals surface area contributed by atoms with Gasteiger partial charge < -0.3 is 72.1 Å². The number of aliphatic hydroxyl groups excluding tert-OH is 1. The first-order valence-corrected chi connectivity index (χ1v) is 45.9. The molecule has 5 fully saturated rings. The number of pyridine rings is 3. The van der Waals surface area contributed by atoms with Gasteiger partial charge in [0.25, 0.3) is 11.8 Å². The number of carboxylic acids is 1. The Labute approximate surface area is 744 Å². The van der Waals surface area contributed by atoms with Crippen LogP contribution in [0.2, 0.25) is 0 Å². The molecule has 2 atom stereocenters. The van der Waals surface area contributed by atoms with E-state index in [1.54, 1.807) is 57.6 Å². The third-order valence-corrected chi connectivity index (χ3v) is 25.9. The summed E-state index contributed by atoms with van der Waals surface area (Å²) in [5.74, 6) is 2.41. The van der Waals surface area contributed by atoms with Crippen LogP contribution in [0.25, 0.3) is 83.8 Å². The lowest BCUT2D eigenvalue weighted by atomic mass is 10.2. The first-order valence-electron chi connectivity index (χ1n) is 43.5. The lowest BCUT2D eigenvalue weighted by molar-refractivity contribution is -0.171. The van der Waals surface area contributed by atoms with Crippen LogP contribution in [0.5, 0.6) is 17.6 Å². The monoisotopic (exact) mass is 1840 g/mol. The fourth-order valence-electron chi connectivity index (χ4n) is 14.2. The van der Waals surface area contributed by atoms with Crippen molar-refractivity contribution in [3.63, 3.8) is 0 Å². The van der Waals surface area contributed by atoms with E-state index < -0.39 is 35.5 Å². The van der Waals surface area contributed by atoms with Crippen molar-refractivity contribution in [2.45, 2.75) is 90.7 Å². The van der Waals surface area contributed by atoms with Gasteiger partial charge in [-0.1, -0.05) is 70.1 Å². The van der Waals surface area contributed by atoms with Gasteiger partial charge in [-0.15, -0.1) is 58.3 Å². The number of hydrogen-bond donors (Lipinski definition) is 3. The van der Waals surface area contributed by atoms with Crippen LogP contribution in [0.3, 0.4) is 0 Å². The van der Waals surface area contributed by atoms with E-state index in [1.165, 1.54) is 39.0 Å². The van der Waals surface area contributed by atoms with E-state index in [4.69, 9.17) is 65.8 Å². The van der Waals surface area contributed by atoms with Crippen LogP contribution in [0.4, 0.5) is 0 Å². The highest BCUT2D eigenvalue weighted by Gasteiger charge is 2.31. The van der Waals surface area contributed by atoms with Gasteiger partial charge in [0.05, 0.1) is 68.3 Å². The Bertz CT molecular complexity index is 6870. The third kappa shape index (κ3) is 20.8. The highest BCUT2D eigenvalue weighted by Crippen LogP contribution is 2.34. The Kier molecular flexibility index (Phi) is 26.0. The predicted octanol–water partition coefficient (Wildman–Crippen LogP) is 8.15. The van der Waals surface area contributed by atoms with Crippen molar-refractivity contribution in [2.24, 2.45) is 0 Å². The Balaban J connectivity index is 0.000000169. The van der Waals surface area contributed by atoms with Gasteiger partial charge in [0.2, 0.25) is 35.1 Å². The van der Waals surface area contributed by atoms with E-state index in [0.717, 1.165) is 70.8 Å². The summed E-state index contributed by atoms with van der Waals surface area (Å²) < 4.78 is 160. The molecular formula is C82H90ClN21O21S3. The minimum atomic E-state index is -3.08. The Morgan fingerprint density at radius 1 is 0.438 bits per heavy atom. The maximum absolute atomic E-state index is 12.8. The molecule has 3 N–H and O–H groups in total. The van der Waals surface area contributed by atoms with E-state index in [-0.39, 0.29) is 138 Å². The van der Waals surface area contributed by atoms with Crippen LogP contribution in [-0.4, -0.2) is 252 Å². The molecule has 42 nitrogen and oxygen atoms in total. The van der Waals surface area contributed by atoms with Crippen molar-refractivity contribution in [3.05, 3.63) is 197 Å². The molecule has 674 valence electrons. The number of amides is 2. The number of carboxylic acid groups (broad SMARTS) is 1. The number of benzene rings is 3. The average Bonchev–Trinajstić information content (AvgIpc) is 1.65. The summed E-state index contributed by atoms with van der Waals surface area (Å²) in [6, 6.07) is 37.4. The number of fused-ring (bicyclic) bond motifs is 9. The number of hydrogen-bond acceptors (Lipinski definition) is 36. The second kappa shape index (κ2) is 39.4. The summed E-state index contributed by atoms with van der Waals surface area (Å²) in [4.78, 5) is 52.6. The lowest BCUT2D eigenvalue weighted by Crippen LogP contribution is -2.43. The number of sulfone groups is 3. The zero-order valence-corrected chi connectivity index (χ0v) is 71.4. The highest BCUT2D eigenvalue weighted by molar-refractivity contribution is 7.92. The highest BCUT2D eigenvalue weighted by atomic mass is 35.5. The quantitative estimate of drug-likeness (QED) is 0.0576. The van der Waals surface area contributed by atoms with Crippen LogP contribution >= 0.6 is 12.4 Å². The van der Waals surface area contributed by atoms with Gasteiger partial charge in [0.1, 0.15) is 39.6 Å². The van der Waals surface area contributed by atoms with E-state index in [0.29, 0.717) is 147 Å². The van der Waals surface area contributed by atoms with Gasteiger partial charge in [-0.25, -0.2) is 30.0 Å². The predicted molar refractivity (Wildman–Crippen MR) is 463 cm³/mol. The zero-order chi connectivity index (χ0) is 93.6. The molecule has 3 aromatic carbocycles. The molecule has 0 radical (unpaired) electrons. The van der Waals surface area contributed by atoms with E-state index in [9.17, 15) is 44.7 Å². The molecule has 2 unspecified atom stereocenters. The Hall–Kier alpha value is -13.1. The molecule has 2 amide bonds. The number of nitrogens with zero attached hydrogens (tertiary/aromatic N) is 20. The summed E-state index contributed by atoms with van der Waals surface area (Å²) in [7, 11) is -8.80. The van der Waals surface area contributed by atoms with Crippen LogP contribution in [-0.2, 0) is 88.1 Å². The minimum Gasteiger partial charge on any atom is -0.478 e. The molecular weight excluding hydrogens is 1750 g/mol. The van der Waals surface area contributed by atoms with Gasteiger partial charge in [-0.3, -0.25) is 24.5 Å². The summed E-state index contributed by atoms with van der Waals surface area (Å²) in [5, 5.41) is 77.9. The van der Waals surface area contributed by atoms with E-state index in [1.807, 2.05) is 72.8 Å². The SMILES string of the molecule is Cl.O=C(O)c1ccc(COc2nn3c(-c4cc(COC5CCCCO5)on4)nnc3c3ccccc23)nc1.O=C(c1ccc(COc2nn3c(-c4cc(CO)on4)nnc3c3ccccc23)nc1)N1CCS(=O)(=O)CC1.O=C(c1ccc(COc2nn3c(-c4cc(COC5CCCCO5)on4)nnc3c3ccccc23)nc1)N1CCS(=O)(=O)CC1.O=S1(=O)CCNCC1.[2HH].[2H][2H].[2H][2H].[2H][2H]. The van der Waals surface area contributed by atoms with Gasteiger partial charge in [0.15, 0.2) is 93.4 Å². The molecule has 20 rings (SSSR count). The van der Waals surface area contributed by atoms with Crippen molar-refractivity contribution in [2.75, 3.05) is 87.0 Å². The van der Waals surface area contributed by atoms with Crippen LogP contribution in [0.1, 0.15) is 114 Å². The molecule has 46 heteroatoms. The Morgan fingerprint density at radius 2 is 0.781 bits per heavy atom. The van der Waals surface area contributed by atoms with Crippen LogP contribution in [0.15, 0.2) is 160 Å². The third-order valence-electron chi connectivity index (χ3n) is 21.0. The fourth-order valence-corrected chi connectivity index (χ4v) is 17.7. The van der Waals surface area contributed by atoms with Gasteiger partial charge in [-0.2, -0.15) is 13.5 Å². The van der Waals surface area contributed by atoms with Crippen molar-refractivity contribution >= 4 is 109 Å². The van der Waals surface area contributed by atoms with Gasteiger partial charge in [-0.05, 0) is 93.1 Å². The molecule has 0 aliphatic carbocycles. The molecule has 5 aliphatic heterocycles. The van der Waals surface area contributed by atoms with Crippen LogP contribution < -0.4 is 19.5 Å². The second-order valence-electron chi connectivity index (χ2n) is 29.8. The molecule has 0 bridgehead atoms. The molecule has 128 heavy (non-hydrogen) atoms. The minimum absolute atomic E-state index is 0. The maximum Gasteiger partial charge on any atom is 0.337 e. The first-order chi connectivity index (χ1) is 64.7. The van der Waals surface area contributed by atoms with Crippen molar-refractivity contribution in [1.29, 1.82) is 0 Å². The van der Waals surface area contributed by atoms with Crippen molar-refractivity contribution in [3.8, 4) is 52.2 Å². The Morgan fingerprint density at radius 3 is 1.09 bits per heavy atom. The van der Waals surface area contributed by atoms with Gasteiger partial charge >= 0.3 is 5.97 Å². The van der Waals surface area contributed by atoms with Crippen LogP contribution in [0, 0.1) is 0 Å². The smallest absolute Gasteiger partial charge is 0.337 e. The number of aromatic carboxylic acids is 1. The lowest BCUT2D eigenvalue weighted by Gasteiger charge is -2.26.